The Morgan fingerprint density at radius 1 is 1.00 bits per heavy atom. The van der Waals surface area contributed by atoms with Crippen LogP contribution >= 0.6 is 15.9 Å². The monoisotopic (exact) mass is 379 g/mol. The number of amides is 3. The highest BCUT2D eigenvalue weighted by molar-refractivity contribution is 9.10. The zero-order chi connectivity index (χ0) is 16.8. The fourth-order valence-corrected chi connectivity index (χ4v) is 2.04. The molecule has 0 saturated heterocycles. The fraction of sp³-hybridized carbons (Fsp3) is 0.133. The number of rotatable bonds is 5. The molecule has 23 heavy (non-hydrogen) atoms. The molecule has 1 heterocycles. The van der Waals surface area contributed by atoms with Crippen molar-refractivity contribution in [3.8, 4) is 0 Å². The van der Waals surface area contributed by atoms with E-state index in [1.165, 1.54) is 13.0 Å². The summed E-state index contributed by atoms with van der Waals surface area (Å²) in [5.41, 5.74) is 1.19. The number of carbonyl (C=O) groups excluding carboxylic acids is 3. The van der Waals surface area contributed by atoms with Crippen LogP contribution in [0.3, 0.4) is 0 Å². The number of hydrogen-bond acceptors (Lipinski definition) is 4. The van der Waals surface area contributed by atoms with Crippen molar-refractivity contribution in [3.63, 3.8) is 0 Å². The Kier molecular flexibility index (Phi) is 5.53. The van der Waals surface area contributed by atoms with Crippen LogP contribution in [0.2, 0.25) is 0 Å². The highest BCUT2D eigenvalue weighted by atomic mass is 79.9. The second-order valence-electron chi connectivity index (χ2n) is 4.59. The van der Waals surface area contributed by atoms with E-state index in [2.05, 4.69) is 31.9 Å². The molecule has 0 unspecified atom stereocenters. The minimum atomic E-state index is -0.480. The van der Waals surface area contributed by atoms with Crippen LogP contribution in [0.5, 0.6) is 0 Å². The molecule has 120 valence electrons. The van der Waals surface area contributed by atoms with Crippen LogP contribution in [-0.4, -0.2) is 24.3 Å². The van der Waals surface area contributed by atoms with E-state index in [0.717, 1.165) is 0 Å². The average Bonchev–Trinajstić information content (AvgIpc) is 2.93. The van der Waals surface area contributed by atoms with Gasteiger partial charge in [0.1, 0.15) is 0 Å². The molecular formula is C15H14BrN3O4. The van der Waals surface area contributed by atoms with Crippen molar-refractivity contribution < 1.29 is 18.8 Å². The summed E-state index contributed by atoms with van der Waals surface area (Å²) in [5.74, 6) is -0.915. The van der Waals surface area contributed by atoms with Crippen molar-refractivity contribution in [2.45, 2.75) is 6.92 Å². The molecule has 0 bridgehead atoms. The average molecular weight is 380 g/mol. The molecule has 1 aromatic heterocycles. The summed E-state index contributed by atoms with van der Waals surface area (Å²) < 4.78 is 5.52. The number of carbonyl (C=O) groups is 3. The molecule has 0 aliphatic heterocycles. The number of halogens is 1. The van der Waals surface area contributed by atoms with Crippen LogP contribution in [0, 0.1) is 0 Å². The van der Waals surface area contributed by atoms with Crippen molar-refractivity contribution in [1.29, 1.82) is 0 Å². The quantitative estimate of drug-likeness (QED) is 0.742. The molecule has 0 atom stereocenters. The zero-order valence-electron chi connectivity index (χ0n) is 12.2. The topological polar surface area (TPSA) is 100 Å². The molecule has 0 fully saturated rings. The molecule has 0 saturated carbocycles. The second kappa shape index (κ2) is 7.59. The van der Waals surface area contributed by atoms with E-state index < -0.39 is 5.91 Å². The largest absolute Gasteiger partial charge is 0.444 e. The van der Waals surface area contributed by atoms with Gasteiger partial charge in [0.05, 0.1) is 6.54 Å². The van der Waals surface area contributed by atoms with Crippen molar-refractivity contribution in [1.82, 2.24) is 5.32 Å². The van der Waals surface area contributed by atoms with Crippen LogP contribution in [-0.2, 0) is 9.59 Å². The maximum Gasteiger partial charge on any atom is 0.287 e. The molecule has 2 aromatic rings. The summed E-state index contributed by atoms with van der Waals surface area (Å²) in [7, 11) is 0. The molecular weight excluding hydrogens is 366 g/mol. The molecule has 0 aliphatic carbocycles. The highest BCUT2D eigenvalue weighted by Crippen LogP contribution is 2.14. The molecule has 3 amide bonds. The minimum absolute atomic E-state index is 0.115. The zero-order valence-corrected chi connectivity index (χ0v) is 13.8. The van der Waals surface area contributed by atoms with Gasteiger partial charge >= 0.3 is 0 Å². The smallest absolute Gasteiger partial charge is 0.287 e. The predicted molar refractivity (Wildman–Crippen MR) is 88.1 cm³/mol. The van der Waals surface area contributed by atoms with Gasteiger partial charge < -0.3 is 20.4 Å². The Balaban J connectivity index is 1.82. The van der Waals surface area contributed by atoms with Gasteiger partial charge in [0, 0.05) is 18.3 Å². The fourth-order valence-electron chi connectivity index (χ4n) is 1.73. The van der Waals surface area contributed by atoms with E-state index in [-0.39, 0.29) is 24.1 Å². The van der Waals surface area contributed by atoms with Crippen molar-refractivity contribution in [2.75, 3.05) is 17.2 Å². The third-order valence-corrected chi connectivity index (χ3v) is 3.12. The second-order valence-corrected chi connectivity index (χ2v) is 5.37. The van der Waals surface area contributed by atoms with E-state index in [0.29, 0.717) is 16.0 Å². The third-order valence-electron chi connectivity index (χ3n) is 2.70. The Morgan fingerprint density at radius 3 is 2.13 bits per heavy atom. The number of furan rings is 1. The van der Waals surface area contributed by atoms with Gasteiger partial charge in [0.2, 0.25) is 11.8 Å². The lowest BCUT2D eigenvalue weighted by atomic mass is 10.2. The number of benzene rings is 1. The van der Waals surface area contributed by atoms with Crippen LogP contribution < -0.4 is 16.0 Å². The lowest BCUT2D eigenvalue weighted by molar-refractivity contribution is -0.115. The van der Waals surface area contributed by atoms with Crippen LogP contribution in [0.25, 0.3) is 0 Å². The van der Waals surface area contributed by atoms with Gasteiger partial charge in [0.25, 0.3) is 5.91 Å². The first-order valence-corrected chi connectivity index (χ1v) is 7.44. The molecule has 7 nitrogen and oxygen atoms in total. The number of nitrogens with one attached hydrogen (secondary N) is 3. The molecule has 0 radical (unpaired) electrons. The van der Waals surface area contributed by atoms with Gasteiger partial charge in [-0.3, -0.25) is 14.4 Å². The highest BCUT2D eigenvalue weighted by Gasteiger charge is 2.11. The van der Waals surface area contributed by atoms with Gasteiger partial charge in [-0.05, 0) is 52.3 Å². The Hall–Kier alpha value is -2.61. The standard InChI is InChI=1S/C15H14BrN3O4/c1-9(20)18-10-2-4-11(5-3-10)19-14(21)8-17-15(22)12-6-7-13(16)23-12/h2-7H,8H2,1H3,(H,17,22)(H,18,20)(H,19,21). The van der Waals surface area contributed by atoms with E-state index in [4.69, 9.17) is 4.42 Å². The van der Waals surface area contributed by atoms with E-state index >= 15 is 0 Å². The predicted octanol–water partition coefficient (Wildman–Crippen LogP) is 2.37. The van der Waals surface area contributed by atoms with Crippen LogP contribution in [0.1, 0.15) is 17.5 Å². The first-order chi connectivity index (χ1) is 10.9. The lowest BCUT2D eigenvalue weighted by Crippen LogP contribution is -2.32. The summed E-state index contributed by atoms with van der Waals surface area (Å²) in [5, 5.41) is 7.70. The Morgan fingerprint density at radius 2 is 1.61 bits per heavy atom. The SMILES string of the molecule is CC(=O)Nc1ccc(NC(=O)CNC(=O)c2ccc(Br)o2)cc1. The summed E-state index contributed by atoms with van der Waals surface area (Å²) in [4.78, 5) is 34.4. The summed E-state index contributed by atoms with van der Waals surface area (Å²) in [6, 6.07) is 9.71. The molecule has 3 N–H and O–H groups in total. The van der Waals surface area contributed by atoms with E-state index in [1.54, 1.807) is 30.3 Å². The molecule has 8 heteroatoms. The van der Waals surface area contributed by atoms with Gasteiger partial charge in [0.15, 0.2) is 10.4 Å². The minimum Gasteiger partial charge on any atom is -0.444 e. The Bertz CT molecular complexity index is 725. The lowest BCUT2D eigenvalue weighted by Gasteiger charge is -2.07. The van der Waals surface area contributed by atoms with Crippen LogP contribution in [0.15, 0.2) is 45.5 Å². The molecule has 0 spiro atoms. The van der Waals surface area contributed by atoms with Crippen molar-refractivity contribution in [2.24, 2.45) is 0 Å². The summed E-state index contributed by atoms with van der Waals surface area (Å²) in [6.45, 7) is 1.22. The van der Waals surface area contributed by atoms with Crippen molar-refractivity contribution in [3.05, 3.63) is 46.8 Å². The van der Waals surface area contributed by atoms with Gasteiger partial charge in [-0.15, -0.1) is 0 Å². The maximum absolute atomic E-state index is 11.8. The van der Waals surface area contributed by atoms with Gasteiger partial charge in [-0.2, -0.15) is 0 Å². The first kappa shape index (κ1) is 16.8. The summed E-state index contributed by atoms with van der Waals surface area (Å²) >= 11 is 3.09. The van der Waals surface area contributed by atoms with Gasteiger partial charge in [-0.1, -0.05) is 0 Å². The molecule has 1 aromatic carbocycles. The van der Waals surface area contributed by atoms with E-state index in [9.17, 15) is 14.4 Å². The third kappa shape index (κ3) is 5.26. The first-order valence-electron chi connectivity index (χ1n) is 6.65. The van der Waals surface area contributed by atoms with Crippen LogP contribution in [0.4, 0.5) is 11.4 Å². The Labute approximate surface area is 140 Å². The molecule has 0 aliphatic rings. The molecule has 2 rings (SSSR count). The van der Waals surface area contributed by atoms with Gasteiger partial charge in [-0.25, -0.2) is 0 Å². The number of hydrogen-bond donors (Lipinski definition) is 3. The van der Waals surface area contributed by atoms with Crippen molar-refractivity contribution >= 4 is 45.0 Å². The maximum atomic E-state index is 11.8. The summed E-state index contributed by atoms with van der Waals surface area (Å²) in [6.07, 6.45) is 0. The number of anilines is 2. The van der Waals surface area contributed by atoms with E-state index in [1.807, 2.05) is 0 Å². The normalized spacial score (nSPS) is 10.0.